The Hall–Kier alpha value is -2.17. The molecule has 0 aliphatic carbocycles. The smallest absolute Gasteiger partial charge is 0.362 e. The molecule has 0 saturated heterocycles. The van der Waals surface area contributed by atoms with Crippen LogP contribution in [0.3, 0.4) is 0 Å². The molecular formula is C12H12N2O3. The Kier molecular flexibility index (Phi) is 3.18. The van der Waals surface area contributed by atoms with Crippen molar-refractivity contribution in [3.8, 4) is 5.75 Å². The number of ether oxygens (including phenoxy) is 2. The van der Waals surface area contributed by atoms with Gasteiger partial charge in [0.1, 0.15) is 0 Å². The van der Waals surface area contributed by atoms with E-state index < -0.39 is 5.97 Å². The van der Waals surface area contributed by atoms with Crippen molar-refractivity contribution in [2.24, 2.45) is 0 Å². The van der Waals surface area contributed by atoms with Crippen LogP contribution in [0.15, 0.2) is 24.3 Å². The topological polar surface area (TPSA) is 61.3 Å². The minimum absolute atomic E-state index is 0.105. The maximum atomic E-state index is 11.7. The molecule has 0 aliphatic rings. The second kappa shape index (κ2) is 4.78. The van der Waals surface area contributed by atoms with Crippen LogP contribution in [-0.2, 0) is 4.74 Å². The van der Waals surface area contributed by atoms with Crippen molar-refractivity contribution in [1.82, 2.24) is 10.2 Å². The molecule has 2 aromatic rings. The van der Waals surface area contributed by atoms with Crippen LogP contribution >= 0.6 is 0 Å². The van der Waals surface area contributed by atoms with Crippen molar-refractivity contribution in [2.75, 3.05) is 13.7 Å². The van der Waals surface area contributed by atoms with Crippen LogP contribution < -0.4 is 4.74 Å². The van der Waals surface area contributed by atoms with Gasteiger partial charge in [0, 0.05) is 5.39 Å². The van der Waals surface area contributed by atoms with Gasteiger partial charge in [0.15, 0.2) is 5.75 Å². The molecule has 2 rings (SSSR count). The van der Waals surface area contributed by atoms with Crippen molar-refractivity contribution in [1.29, 1.82) is 0 Å². The summed E-state index contributed by atoms with van der Waals surface area (Å²) in [6, 6.07) is 7.33. The van der Waals surface area contributed by atoms with Crippen molar-refractivity contribution in [3.63, 3.8) is 0 Å². The molecule has 0 saturated carbocycles. The molecule has 88 valence electrons. The lowest BCUT2D eigenvalue weighted by atomic mass is 10.2. The molecule has 0 spiro atoms. The Bertz CT molecular complexity index is 554. The van der Waals surface area contributed by atoms with E-state index in [2.05, 4.69) is 10.2 Å². The zero-order valence-corrected chi connectivity index (χ0v) is 9.64. The average molecular weight is 232 g/mol. The average Bonchev–Trinajstić information content (AvgIpc) is 2.37. The van der Waals surface area contributed by atoms with Gasteiger partial charge in [0.2, 0.25) is 5.69 Å². The van der Waals surface area contributed by atoms with Gasteiger partial charge in [0.05, 0.1) is 19.2 Å². The largest absolute Gasteiger partial charge is 0.493 e. The lowest BCUT2D eigenvalue weighted by Gasteiger charge is -2.08. The van der Waals surface area contributed by atoms with Crippen LogP contribution in [-0.4, -0.2) is 29.9 Å². The summed E-state index contributed by atoms with van der Waals surface area (Å²) in [5, 5.41) is 8.55. The summed E-state index contributed by atoms with van der Waals surface area (Å²) in [6.07, 6.45) is 0. The summed E-state index contributed by atoms with van der Waals surface area (Å²) in [5.41, 5.74) is 0.783. The molecule has 0 aliphatic heterocycles. The fourth-order valence-corrected chi connectivity index (χ4v) is 1.57. The minimum atomic E-state index is -0.525. The number of hydrogen-bond acceptors (Lipinski definition) is 5. The normalized spacial score (nSPS) is 10.2. The number of esters is 1. The van der Waals surface area contributed by atoms with E-state index in [1.807, 2.05) is 18.2 Å². The number of rotatable bonds is 3. The molecule has 0 unspecified atom stereocenters. The highest BCUT2D eigenvalue weighted by Crippen LogP contribution is 2.26. The van der Waals surface area contributed by atoms with E-state index in [9.17, 15) is 4.79 Å². The third-order valence-electron chi connectivity index (χ3n) is 2.29. The van der Waals surface area contributed by atoms with Crippen molar-refractivity contribution < 1.29 is 14.3 Å². The molecule has 1 heterocycles. The van der Waals surface area contributed by atoms with Crippen LogP contribution in [0, 0.1) is 0 Å². The Morgan fingerprint density at radius 2 is 2.06 bits per heavy atom. The Morgan fingerprint density at radius 3 is 2.76 bits per heavy atom. The summed E-state index contributed by atoms with van der Waals surface area (Å²) in [4.78, 5) is 11.7. The van der Waals surface area contributed by atoms with Gasteiger partial charge in [-0.15, -0.1) is 10.2 Å². The van der Waals surface area contributed by atoms with Crippen LogP contribution in [0.5, 0.6) is 5.75 Å². The second-order valence-corrected chi connectivity index (χ2v) is 3.32. The third-order valence-corrected chi connectivity index (χ3v) is 2.29. The van der Waals surface area contributed by atoms with E-state index in [0.29, 0.717) is 11.3 Å². The number of carbonyl (C=O) groups is 1. The van der Waals surface area contributed by atoms with Gasteiger partial charge >= 0.3 is 5.97 Å². The van der Waals surface area contributed by atoms with Gasteiger partial charge in [-0.25, -0.2) is 4.79 Å². The highest BCUT2D eigenvalue weighted by Gasteiger charge is 2.18. The van der Waals surface area contributed by atoms with Crippen LogP contribution in [0.2, 0.25) is 0 Å². The first-order valence-electron chi connectivity index (χ1n) is 5.24. The molecule has 0 bridgehead atoms. The van der Waals surface area contributed by atoms with Crippen molar-refractivity contribution in [2.45, 2.75) is 6.92 Å². The highest BCUT2D eigenvalue weighted by atomic mass is 16.5. The number of nitrogens with zero attached hydrogens (tertiary/aromatic N) is 2. The quantitative estimate of drug-likeness (QED) is 0.755. The third kappa shape index (κ3) is 2.04. The Balaban J connectivity index is 2.60. The predicted molar refractivity (Wildman–Crippen MR) is 62.0 cm³/mol. The number of methoxy groups -OCH3 is 1. The first-order chi connectivity index (χ1) is 8.27. The molecule has 17 heavy (non-hydrogen) atoms. The van der Waals surface area contributed by atoms with Crippen LogP contribution in [0.4, 0.5) is 0 Å². The van der Waals surface area contributed by atoms with Crippen LogP contribution in [0.1, 0.15) is 17.4 Å². The summed E-state index contributed by atoms with van der Waals surface area (Å²) in [5.74, 6) is -0.128. The summed E-state index contributed by atoms with van der Waals surface area (Å²) >= 11 is 0. The number of carbonyl (C=O) groups excluding carboxylic acids is 1. The van der Waals surface area contributed by atoms with E-state index in [0.717, 1.165) is 5.39 Å². The highest BCUT2D eigenvalue weighted by molar-refractivity contribution is 5.97. The summed E-state index contributed by atoms with van der Waals surface area (Å²) in [7, 11) is 1.49. The van der Waals surface area contributed by atoms with Gasteiger partial charge in [-0.1, -0.05) is 12.1 Å². The van der Waals surface area contributed by atoms with Crippen molar-refractivity contribution in [3.05, 3.63) is 30.0 Å². The number of aromatic nitrogens is 2. The van der Waals surface area contributed by atoms with Crippen LogP contribution in [0.25, 0.3) is 10.9 Å². The molecule has 5 nitrogen and oxygen atoms in total. The van der Waals surface area contributed by atoms with Gasteiger partial charge in [-0.2, -0.15) is 0 Å². The van der Waals surface area contributed by atoms with E-state index in [1.54, 1.807) is 13.0 Å². The van der Waals surface area contributed by atoms with E-state index in [-0.39, 0.29) is 12.3 Å². The molecule has 0 fully saturated rings. The standard InChI is InChI=1S/C12H12N2O3/c1-3-17-12(15)10-11(16-2)8-6-4-5-7-9(8)13-14-10/h4-7H,3H2,1-2H3. The molecule has 0 N–H and O–H groups in total. The zero-order chi connectivity index (χ0) is 12.3. The molecule has 5 heteroatoms. The van der Waals surface area contributed by atoms with E-state index >= 15 is 0 Å². The second-order valence-electron chi connectivity index (χ2n) is 3.32. The van der Waals surface area contributed by atoms with Gasteiger partial charge in [-0.3, -0.25) is 0 Å². The van der Waals surface area contributed by atoms with Gasteiger partial charge < -0.3 is 9.47 Å². The summed E-state index contributed by atoms with van der Waals surface area (Å²) < 4.78 is 10.1. The summed E-state index contributed by atoms with van der Waals surface area (Å²) in [6.45, 7) is 2.02. The molecule has 1 aromatic carbocycles. The zero-order valence-electron chi connectivity index (χ0n) is 9.64. The van der Waals surface area contributed by atoms with E-state index in [1.165, 1.54) is 7.11 Å². The first-order valence-corrected chi connectivity index (χ1v) is 5.24. The monoisotopic (exact) mass is 232 g/mol. The number of hydrogen-bond donors (Lipinski definition) is 0. The SMILES string of the molecule is CCOC(=O)c1nnc2ccccc2c1OC. The lowest BCUT2D eigenvalue weighted by Crippen LogP contribution is -2.10. The van der Waals surface area contributed by atoms with Gasteiger partial charge in [0.25, 0.3) is 0 Å². The maximum absolute atomic E-state index is 11.7. The molecule has 0 radical (unpaired) electrons. The van der Waals surface area contributed by atoms with E-state index in [4.69, 9.17) is 9.47 Å². The lowest BCUT2D eigenvalue weighted by molar-refractivity contribution is 0.0514. The fraction of sp³-hybridized carbons (Fsp3) is 0.250. The fourth-order valence-electron chi connectivity index (χ4n) is 1.57. The molecular weight excluding hydrogens is 220 g/mol. The van der Waals surface area contributed by atoms with Crippen molar-refractivity contribution >= 4 is 16.9 Å². The Labute approximate surface area is 98.4 Å². The predicted octanol–water partition coefficient (Wildman–Crippen LogP) is 1.82. The Morgan fingerprint density at radius 1 is 1.29 bits per heavy atom. The van der Waals surface area contributed by atoms with Gasteiger partial charge in [-0.05, 0) is 19.1 Å². The maximum Gasteiger partial charge on any atom is 0.362 e. The molecule has 0 atom stereocenters. The first kappa shape index (κ1) is 11.3. The number of benzene rings is 1. The number of fused-ring (bicyclic) bond motifs is 1. The minimum Gasteiger partial charge on any atom is -0.493 e. The molecule has 1 aromatic heterocycles. The molecule has 0 amide bonds.